The van der Waals surface area contributed by atoms with E-state index in [1.165, 1.54) is 6.92 Å². The fourth-order valence-electron chi connectivity index (χ4n) is 8.12. The smallest absolute Gasteiger partial charge is 0.343 e. The van der Waals surface area contributed by atoms with Gasteiger partial charge < -0.3 is 34.3 Å². The van der Waals surface area contributed by atoms with Gasteiger partial charge in [0.15, 0.2) is 17.8 Å². The van der Waals surface area contributed by atoms with Crippen LogP contribution in [0, 0.1) is 28.1 Å². The molecule has 6 aliphatic rings. The van der Waals surface area contributed by atoms with Crippen molar-refractivity contribution in [3.05, 3.63) is 0 Å². The van der Waals surface area contributed by atoms with Crippen LogP contribution in [0.5, 0.6) is 0 Å². The second-order valence-electron chi connectivity index (χ2n) is 10.7. The zero-order valence-electron chi connectivity index (χ0n) is 16.9. The molecular formula is C20H24O10. The molecule has 11 atom stereocenters. The summed E-state index contributed by atoms with van der Waals surface area (Å²) in [4.78, 5) is 38.2. The molecule has 3 N–H and O–H groups in total. The Morgan fingerprint density at radius 1 is 1.03 bits per heavy atom. The highest BCUT2D eigenvalue weighted by molar-refractivity contribution is 5.94. The highest BCUT2D eigenvalue weighted by Crippen LogP contribution is 2.84. The second-order valence-corrected chi connectivity index (χ2v) is 10.7. The van der Waals surface area contributed by atoms with Crippen LogP contribution in [-0.4, -0.2) is 75.1 Å². The summed E-state index contributed by atoms with van der Waals surface area (Å²) < 4.78 is 22.5. The average molecular weight is 424 g/mol. The summed E-state index contributed by atoms with van der Waals surface area (Å²) in [7, 11) is 0. The van der Waals surface area contributed by atoms with E-state index < -0.39 is 87.9 Å². The average Bonchev–Trinajstić information content (AvgIpc) is 3.35. The number of hydrogen-bond acceptors (Lipinski definition) is 10. The van der Waals surface area contributed by atoms with Gasteiger partial charge in [-0.3, -0.25) is 4.79 Å². The normalized spacial score (nSPS) is 60.1. The van der Waals surface area contributed by atoms with Crippen molar-refractivity contribution in [2.75, 3.05) is 0 Å². The Balaban J connectivity index is 1.72. The van der Waals surface area contributed by atoms with E-state index in [0.717, 1.165) is 0 Å². The maximum atomic E-state index is 13.4. The highest BCUT2D eigenvalue weighted by Gasteiger charge is 3.03. The fraction of sp³-hybridized carbons (Fsp3) is 0.850. The molecule has 0 unspecified atom stereocenters. The van der Waals surface area contributed by atoms with Crippen LogP contribution in [0.3, 0.4) is 0 Å². The van der Waals surface area contributed by atoms with Crippen molar-refractivity contribution >= 4 is 17.9 Å². The molecule has 0 aromatic heterocycles. The molecule has 0 aromatic carbocycles. The van der Waals surface area contributed by atoms with Gasteiger partial charge in [0.25, 0.3) is 0 Å². The molecule has 10 nitrogen and oxygen atoms in total. The lowest BCUT2D eigenvalue weighted by Gasteiger charge is -2.47. The van der Waals surface area contributed by atoms with Gasteiger partial charge in [0.1, 0.15) is 12.2 Å². The van der Waals surface area contributed by atoms with Crippen LogP contribution in [0.1, 0.15) is 34.1 Å². The van der Waals surface area contributed by atoms with E-state index in [1.807, 2.05) is 20.8 Å². The summed E-state index contributed by atoms with van der Waals surface area (Å²) >= 11 is 0. The largest absolute Gasteiger partial charge is 0.459 e. The molecule has 2 saturated carbocycles. The van der Waals surface area contributed by atoms with E-state index in [0.29, 0.717) is 0 Å². The minimum Gasteiger partial charge on any atom is -0.459 e. The lowest BCUT2D eigenvalue weighted by molar-refractivity contribution is -0.239. The van der Waals surface area contributed by atoms with Crippen LogP contribution in [-0.2, 0) is 33.3 Å². The zero-order valence-corrected chi connectivity index (χ0v) is 16.9. The number of ether oxygens (including phenoxy) is 4. The summed E-state index contributed by atoms with van der Waals surface area (Å²) in [6.45, 7) is 7.14. The molecule has 0 aromatic rings. The summed E-state index contributed by atoms with van der Waals surface area (Å²) in [5.74, 6) is -4.32. The molecule has 4 heterocycles. The lowest BCUT2D eigenvalue weighted by atomic mass is 9.51. The Hall–Kier alpha value is -1.75. The van der Waals surface area contributed by atoms with Crippen LogP contribution < -0.4 is 0 Å². The maximum Gasteiger partial charge on any atom is 0.343 e. The maximum absolute atomic E-state index is 13.4. The van der Waals surface area contributed by atoms with E-state index >= 15 is 0 Å². The molecule has 6 fully saturated rings. The Labute approximate surface area is 171 Å². The van der Waals surface area contributed by atoms with Crippen LogP contribution >= 0.6 is 0 Å². The topological polar surface area (TPSA) is 149 Å². The van der Waals surface area contributed by atoms with E-state index in [-0.39, 0.29) is 6.42 Å². The predicted molar refractivity (Wildman–Crippen MR) is 92.0 cm³/mol. The highest BCUT2D eigenvalue weighted by atomic mass is 16.8. The first-order chi connectivity index (χ1) is 13.8. The molecule has 10 heteroatoms. The molecule has 30 heavy (non-hydrogen) atoms. The van der Waals surface area contributed by atoms with Crippen LogP contribution in [0.4, 0.5) is 0 Å². The Bertz CT molecular complexity index is 925. The number of esters is 3. The Morgan fingerprint density at radius 3 is 2.33 bits per heavy atom. The first kappa shape index (κ1) is 19.0. The van der Waals surface area contributed by atoms with Crippen molar-refractivity contribution in [2.24, 2.45) is 28.1 Å². The lowest BCUT2D eigenvalue weighted by Crippen LogP contribution is -2.67. The van der Waals surface area contributed by atoms with Gasteiger partial charge >= 0.3 is 17.9 Å². The van der Waals surface area contributed by atoms with Crippen molar-refractivity contribution in [3.8, 4) is 0 Å². The number of carbonyl (C=O) groups excluding carboxylic acids is 3. The number of aliphatic hydroxyl groups excluding tert-OH is 2. The van der Waals surface area contributed by atoms with Gasteiger partial charge in [-0.2, -0.15) is 0 Å². The number of hydrogen-bond donors (Lipinski definition) is 3. The van der Waals surface area contributed by atoms with Crippen molar-refractivity contribution in [2.45, 2.75) is 76.0 Å². The standard InChI is InChI=1S/C20H24O10/c1-6-12(23)28-11-9(21)18-8-5-7(16(2,3)4)17(18)10(22)13(24)29-15(17)30-20(18,14(25)27-8)19(6,11)26/h6-11,15,21-22,26H,5H2,1-4H3/t6-,7-,8-,9+,10+,11+,15+,17-,18-,19-,20-/m1/s1. The van der Waals surface area contributed by atoms with E-state index in [4.69, 9.17) is 18.9 Å². The van der Waals surface area contributed by atoms with E-state index in [1.54, 1.807) is 0 Å². The third-order valence-corrected chi connectivity index (χ3v) is 9.00. The van der Waals surface area contributed by atoms with Gasteiger partial charge in [-0.1, -0.05) is 20.8 Å². The van der Waals surface area contributed by atoms with E-state index in [2.05, 4.69) is 0 Å². The predicted octanol–water partition coefficient (Wildman–Crippen LogP) is -1.37. The third kappa shape index (κ3) is 1.33. The molecule has 0 radical (unpaired) electrons. The zero-order chi connectivity index (χ0) is 21.8. The van der Waals surface area contributed by atoms with Crippen LogP contribution in [0.25, 0.3) is 0 Å². The molecule has 4 saturated heterocycles. The summed E-state index contributed by atoms with van der Waals surface area (Å²) in [5.41, 5.74) is -8.26. The molecule has 2 spiro atoms. The fourth-order valence-corrected chi connectivity index (χ4v) is 8.12. The molecule has 164 valence electrons. The summed E-state index contributed by atoms with van der Waals surface area (Å²) in [5, 5.41) is 34.7. The quantitative estimate of drug-likeness (QED) is 0.314. The van der Waals surface area contributed by atoms with Gasteiger partial charge in [0.05, 0.1) is 16.7 Å². The Morgan fingerprint density at radius 2 is 1.70 bits per heavy atom. The second kappa shape index (κ2) is 4.69. The van der Waals surface area contributed by atoms with Crippen molar-refractivity contribution in [1.29, 1.82) is 0 Å². The summed E-state index contributed by atoms with van der Waals surface area (Å²) in [6, 6.07) is 0. The van der Waals surface area contributed by atoms with Gasteiger partial charge in [0, 0.05) is 0 Å². The first-order valence-electron chi connectivity index (χ1n) is 10.2. The monoisotopic (exact) mass is 424 g/mol. The number of fused-ring (bicyclic) bond motifs is 1. The molecule has 0 amide bonds. The summed E-state index contributed by atoms with van der Waals surface area (Å²) in [6.07, 6.45) is -6.91. The third-order valence-electron chi connectivity index (χ3n) is 9.00. The van der Waals surface area contributed by atoms with Crippen molar-refractivity contribution < 1.29 is 48.7 Å². The van der Waals surface area contributed by atoms with Crippen molar-refractivity contribution in [3.63, 3.8) is 0 Å². The van der Waals surface area contributed by atoms with Gasteiger partial charge in [0.2, 0.25) is 11.9 Å². The van der Waals surface area contributed by atoms with Crippen LogP contribution in [0.15, 0.2) is 0 Å². The molecular weight excluding hydrogens is 400 g/mol. The van der Waals surface area contributed by atoms with Gasteiger partial charge in [-0.25, -0.2) is 9.59 Å². The first-order valence-corrected chi connectivity index (χ1v) is 10.2. The Kier molecular flexibility index (Phi) is 2.97. The van der Waals surface area contributed by atoms with Crippen molar-refractivity contribution in [1.82, 2.24) is 0 Å². The van der Waals surface area contributed by atoms with Gasteiger partial charge in [-0.05, 0) is 24.7 Å². The SMILES string of the molecule is C[C@@H]1C(=O)O[C@H]2[C@H](O)[C@]34[C@H]5C[C@H](C(C)(C)C)[C@@]36[C@@H](OC(=O)[C@@H]6O)O[C@@]4(C(=O)O5)[C@@]12O. The molecule has 4 aliphatic heterocycles. The minimum absolute atomic E-state index is 0.229. The van der Waals surface area contributed by atoms with E-state index in [9.17, 15) is 29.7 Å². The minimum atomic E-state index is -2.24. The molecule has 6 rings (SSSR count). The number of carbonyl (C=O) groups is 3. The number of rotatable bonds is 0. The molecule has 0 bridgehead atoms. The van der Waals surface area contributed by atoms with Crippen LogP contribution in [0.2, 0.25) is 0 Å². The molecule has 2 aliphatic carbocycles. The van der Waals surface area contributed by atoms with Gasteiger partial charge in [-0.15, -0.1) is 0 Å². The number of aliphatic hydroxyl groups is 3.